The average Bonchev–Trinajstić information content (AvgIpc) is 3.98. The third kappa shape index (κ3) is 5.72. The molecule has 0 bridgehead atoms. The van der Waals surface area contributed by atoms with E-state index in [-0.39, 0.29) is 6.71 Å². The molecule has 12 aromatic rings. The van der Waals surface area contributed by atoms with Crippen molar-refractivity contribution in [2.75, 3.05) is 9.80 Å². The van der Waals surface area contributed by atoms with E-state index in [9.17, 15) is 0 Å². The van der Waals surface area contributed by atoms with Gasteiger partial charge in [-0.3, -0.25) is 13.7 Å². The van der Waals surface area contributed by atoms with Crippen LogP contribution in [0, 0.1) is 6.33 Å². The van der Waals surface area contributed by atoms with Crippen LogP contribution in [0.1, 0.15) is 0 Å². The summed E-state index contributed by atoms with van der Waals surface area (Å²) in [7, 11) is -2.10. The predicted octanol–water partition coefficient (Wildman–Crippen LogP) is 11.2. The fourth-order valence-corrected chi connectivity index (χ4v) is 15.1. The SMILES string of the molecule is C[Si]1(C)c2ccc(Oc3cccc(-n4c5cc6c7c(c5c5cccnc54)N(c4ccccc4)c4ccccc4B7c4ccccc4N6c4ccccc4)c3)cc2-n2[c-][n+](-c3ccccc3)c3cccc1c32. The summed E-state index contributed by atoms with van der Waals surface area (Å²) < 4.78 is 13.7. The van der Waals surface area contributed by atoms with Gasteiger partial charge in [0.1, 0.15) is 25.2 Å². The van der Waals surface area contributed by atoms with Crippen LogP contribution in [-0.4, -0.2) is 28.9 Å². The van der Waals surface area contributed by atoms with Crippen molar-refractivity contribution in [3.8, 4) is 28.6 Å². The van der Waals surface area contributed by atoms with E-state index in [2.05, 4.69) is 261 Å². The van der Waals surface area contributed by atoms with Crippen LogP contribution in [0.2, 0.25) is 13.1 Å². The number of benzene rings is 9. The monoisotopic (exact) mass is 926 g/mol. The highest BCUT2D eigenvalue weighted by atomic mass is 28.3. The minimum atomic E-state index is -2.10. The summed E-state index contributed by atoms with van der Waals surface area (Å²) in [6.45, 7) is 4.90. The van der Waals surface area contributed by atoms with Gasteiger partial charge < -0.3 is 14.5 Å². The molecule has 3 aromatic heterocycles. The van der Waals surface area contributed by atoms with Gasteiger partial charge in [-0.25, -0.2) is 4.98 Å². The van der Waals surface area contributed by atoms with Gasteiger partial charge in [0.2, 0.25) is 0 Å². The van der Waals surface area contributed by atoms with Gasteiger partial charge in [0, 0.05) is 51.5 Å². The summed E-state index contributed by atoms with van der Waals surface area (Å²) in [6.07, 6.45) is 5.67. The van der Waals surface area contributed by atoms with E-state index in [1.54, 1.807) is 0 Å². The molecule has 6 heterocycles. The first-order valence-corrected chi connectivity index (χ1v) is 27.3. The fraction of sp³-hybridized carbons (Fsp3) is 0.0323. The molecule has 0 unspecified atom stereocenters. The van der Waals surface area contributed by atoms with Crippen molar-refractivity contribution >= 4 is 109 Å². The molecule has 9 heteroatoms. The lowest BCUT2D eigenvalue weighted by atomic mass is 9.33. The van der Waals surface area contributed by atoms with Crippen molar-refractivity contribution in [2.45, 2.75) is 13.1 Å². The van der Waals surface area contributed by atoms with Crippen LogP contribution < -0.4 is 45.9 Å². The molecule has 9 aromatic carbocycles. The smallest absolute Gasteiger partial charge is 0.269 e. The molecule has 0 spiro atoms. The molecule has 7 nitrogen and oxygen atoms in total. The number of aromatic nitrogens is 4. The highest BCUT2D eigenvalue weighted by Crippen LogP contribution is 2.50. The van der Waals surface area contributed by atoms with Crippen molar-refractivity contribution in [3.63, 3.8) is 0 Å². The van der Waals surface area contributed by atoms with E-state index in [0.717, 1.165) is 73.1 Å². The Morgan fingerprint density at radius 1 is 0.535 bits per heavy atom. The van der Waals surface area contributed by atoms with E-state index in [0.29, 0.717) is 0 Å². The number of para-hydroxylation sites is 6. The maximum Gasteiger partial charge on any atom is 0.269 e. The minimum absolute atomic E-state index is 0.00868. The van der Waals surface area contributed by atoms with Crippen molar-refractivity contribution in [3.05, 3.63) is 231 Å². The second kappa shape index (κ2) is 15.0. The second-order valence-electron chi connectivity index (χ2n) is 19.3. The Kier molecular flexibility index (Phi) is 8.48. The zero-order valence-electron chi connectivity index (χ0n) is 39.0. The maximum absolute atomic E-state index is 6.97. The number of imidazole rings is 1. The number of anilines is 6. The molecule has 334 valence electrons. The summed E-state index contributed by atoms with van der Waals surface area (Å²) in [6, 6.07) is 78.6. The topological polar surface area (TPSA) is 42.3 Å². The third-order valence-corrected chi connectivity index (χ3v) is 18.6. The predicted molar refractivity (Wildman–Crippen MR) is 293 cm³/mol. The lowest BCUT2D eigenvalue weighted by molar-refractivity contribution is -0.572. The molecule has 0 saturated heterocycles. The van der Waals surface area contributed by atoms with Gasteiger partial charge in [-0.15, -0.1) is 0 Å². The molecular weight excluding hydrogens is 884 g/mol. The number of rotatable bonds is 6. The van der Waals surface area contributed by atoms with E-state index in [4.69, 9.17) is 9.72 Å². The maximum atomic E-state index is 6.97. The van der Waals surface area contributed by atoms with Crippen molar-refractivity contribution in [1.29, 1.82) is 0 Å². The van der Waals surface area contributed by atoms with Crippen LogP contribution in [0.4, 0.5) is 34.1 Å². The first-order chi connectivity index (χ1) is 35.0. The van der Waals surface area contributed by atoms with Crippen LogP contribution in [0.15, 0.2) is 225 Å². The highest BCUT2D eigenvalue weighted by molar-refractivity contribution is 7.02. The average molecular weight is 927 g/mol. The van der Waals surface area contributed by atoms with Crippen molar-refractivity contribution < 1.29 is 9.30 Å². The number of hydrogen-bond donors (Lipinski definition) is 0. The Bertz CT molecular complexity index is 4140. The number of nitrogens with zero attached hydrogens (tertiary/aromatic N) is 6. The molecule has 0 aliphatic carbocycles. The van der Waals surface area contributed by atoms with Crippen LogP contribution in [0.5, 0.6) is 11.5 Å². The zero-order chi connectivity index (χ0) is 47.0. The van der Waals surface area contributed by atoms with Crippen LogP contribution >= 0.6 is 0 Å². The van der Waals surface area contributed by atoms with Crippen molar-refractivity contribution in [1.82, 2.24) is 14.1 Å². The molecule has 3 aliphatic heterocycles. The van der Waals surface area contributed by atoms with Crippen LogP contribution in [0.25, 0.3) is 50.0 Å². The van der Waals surface area contributed by atoms with Crippen LogP contribution in [0.3, 0.4) is 0 Å². The first-order valence-electron chi connectivity index (χ1n) is 24.3. The fourth-order valence-electron chi connectivity index (χ4n) is 12.1. The lowest BCUT2D eigenvalue weighted by Crippen LogP contribution is -2.61. The number of hydrogen-bond acceptors (Lipinski definition) is 4. The molecule has 0 N–H and O–H groups in total. The summed E-state index contributed by atoms with van der Waals surface area (Å²) in [4.78, 5) is 10.2. The minimum Gasteiger partial charge on any atom is -0.458 e. The molecule has 0 amide bonds. The normalized spacial score (nSPS) is 13.8. The molecule has 71 heavy (non-hydrogen) atoms. The van der Waals surface area contributed by atoms with Gasteiger partial charge in [-0.05, 0) is 118 Å². The molecule has 0 saturated carbocycles. The Morgan fingerprint density at radius 2 is 1.18 bits per heavy atom. The molecular formula is C62H43BN6OSi. The Hall–Kier alpha value is -8.92. The van der Waals surface area contributed by atoms with Gasteiger partial charge in [-0.1, -0.05) is 134 Å². The number of fused-ring (bicyclic) bond motifs is 10. The molecule has 3 aliphatic rings. The van der Waals surface area contributed by atoms with Crippen LogP contribution in [-0.2, 0) is 0 Å². The quantitative estimate of drug-likeness (QED) is 0.0947. The molecule has 0 atom stereocenters. The van der Waals surface area contributed by atoms with E-state index < -0.39 is 8.07 Å². The standard InChI is InChI=1S/C62H43BN6OSi/c1-71(2)56-35-34-46(38-53(56)66-40-65(41-19-6-3-7-20-41)52-32-17-33-57(71)60(52)66)70-45-26-16-25-44(37-45)69-54-39-55-59-61(58(54)47-27-18-36-64-62(47)69)68(43-23-10-5-11-24-43)51-31-15-13-29-49(51)63(59)48-28-12-14-30-50(48)67(55)42-21-8-4-9-22-42/h3-39H,1-2H3. The summed E-state index contributed by atoms with van der Waals surface area (Å²) in [5, 5.41) is 5.00. The Balaban J connectivity index is 0.941. The Labute approximate surface area is 412 Å². The first kappa shape index (κ1) is 40.0. The Morgan fingerprint density at radius 3 is 1.94 bits per heavy atom. The number of ether oxygens (including phenoxy) is 1. The summed E-state index contributed by atoms with van der Waals surface area (Å²) >= 11 is 0. The van der Waals surface area contributed by atoms with Gasteiger partial charge in [-0.2, -0.15) is 0 Å². The van der Waals surface area contributed by atoms with E-state index in [1.807, 2.05) is 6.20 Å². The molecule has 0 fully saturated rings. The summed E-state index contributed by atoms with van der Waals surface area (Å²) in [5.74, 6) is 1.51. The van der Waals surface area contributed by atoms with E-state index in [1.165, 1.54) is 49.3 Å². The van der Waals surface area contributed by atoms with Gasteiger partial charge in [0.05, 0.1) is 39.3 Å². The van der Waals surface area contributed by atoms with E-state index >= 15 is 0 Å². The molecule has 15 rings (SSSR count). The molecule has 0 radical (unpaired) electrons. The summed E-state index contributed by atoms with van der Waals surface area (Å²) in [5.41, 5.74) is 18.2. The van der Waals surface area contributed by atoms with Crippen molar-refractivity contribution in [2.24, 2.45) is 0 Å². The zero-order valence-corrected chi connectivity index (χ0v) is 40.0. The van der Waals surface area contributed by atoms with Gasteiger partial charge >= 0.3 is 0 Å². The van der Waals surface area contributed by atoms with Gasteiger partial charge in [0.25, 0.3) is 13.0 Å². The largest absolute Gasteiger partial charge is 0.458 e. The second-order valence-corrected chi connectivity index (χ2v) is 23.7. The third-order valence-electron chi connectivity index (χ3n) is 15.1. The number of pyridine rings is 1. The highest BCUT2D eigenvalue weighted by Gasteiger charge is 2.45. The van der Waals surface area contributed by atoms with Gasteiger partial charge in [0.15, 0.2) is 0 Å². The lowest BCUT2D eigenvalue weighted by Gasteiger charge is -2.44.